The average molecular weight is 253 g/mol. The van der Waals surface area contributed by atoms with Crippen molar-refractivity contribution in [2.45, 2.75) is 30.3 Å². The lowest BCUT2D eigenvalue weighted by atomic mass is 10.1. The van der Waals surface area contributed by atoms with Crippen molar-refractivity contribution in [3.63, 3.8) is 0 Å². The summed E-state index contributed by atoms with van der Waals surface area (Å²) in [5.74, 6) is -0.468. The number of nitrogens with zero attached hydrogens (tertiary/aromatic N) is 2. The van der Waals surface area contributed by atoms with Crippen LogP contribution in [0.25, 0.3) is 0 Å². The first-order chi connectivity index (χ1) is 6.04. The molecule has 0 aromatic carbocycles. The van der Waals surface area contributed by atoms with Crippen molar-refractivity contribution < 1.29 is 9.85 Å². The van der Waals surface area contributed by atoms with Crippen LogP contribution in [-0.2, 0) is 0 Å². The highest BCUT2D eigenvalue weighted by Crippen LogP contribution is 2.34. The van der Waals surface area contributed by atoms with Gasteiger partial charge in [0.05, 0.1) is 9.85 Å². The standard InChI is InChI=1S/C6H9BrN2O4/c7-5-3-1-2-4(5)6(8(10)11)9(12)13/h4-6H,1-3H2. The summed E-state index contributed by atoms with van der Waals surface area (Å²) < 4.78 is 0. The first-order valence-corrected chi connectivity index (χ1v) is 4.86. The minimum absolute atomic E-state index is 0.0895. The highest BCUT2D eigenvalue weighted by molar-refractivity contribution is 9.09. The predicted molar refractivity (Wildman–Crippen MR) is 47.8 cm³/mol. The van der Waals surface area contributed by atoms with E-state index in [4.69, 9.17) is 0 Å². The third kappa shape index (κ3) is 2.15. The van der Waals surface area contributed by atoms with E-state index in [1.165, 1.54) is 0 Å². The number of rotatable bonds is 3. The Morgan fingerprint density at radius 2 is 1.77 bits per heavy atom. The number of nitro groups is 2. The lowest BCUT2D eigenvalue weighted by molar-refractivity contribution is -0.751. The van der Waals surface area contributed by atoms with Crippen LogP contribution < -0.4 is 0 Å². The number of halogens is 1. The van der Waals surface area contributed by atoms with Crippen molar-refractivity contribution in [2.24, 2.45) is 5.92 Å². The Bertz CT molecular complexity index is 221. The van der Waals surface area contributed by atoms with E-state index in [0.29, 0.717) is 6.42 Å². The fourth-order valence-electron chi connectivity index (χ4n) is 1.67. The van der Waals surface area contributed by atoms with Crippen molar-refractivity contribution in [2.75, 3.05) is 0 Å². The lowest BCUT2D eigenvalue weighted by Gasteiger charge is -2.11. The molecule has 0 N–H and O–H groups in total. The van der Waals surface area contributed by atoms with Crippen LogP contribution in [0.5, 0.6) is 0 Å². The first kappa shape index (κ1) is 10.4. The summed E-state index contributed by atoms with van der Waals surface area (Å²) in [6.07, 6.45) is 0.510. The summed E-state index contributed by atoms with van der Waals surface area (Å²) in [5, 5.41) is 20.8. The second-order valence-corrected chi connectivity index (χ2v) is 4.27. The zero-order valence-electron chi connectivity index (χ0n) is 6.76. The molecule has 0 heterocycles. The summed E-state index contributed by atoms with van der Waals surface area (Å²) in [4.78, 5) is 19.1. The fourth-order valence-corrected chi connectivity index (χ4v) is 2.53. The van der Waals surface area contributed by atoms with Gasteiger partial charge >= 0.3 is 6.17 Å². The summed E-state index contributed by atoms with van der Waals surface area (Å²) in [7, 11) is 0. The van der Waals surface area contributed by atoms with Crippen molar-refractivity contribution in [3.8, 4) is 0 Å². The van der Waals surface area contributed by atoms with Gasteiger partial charge in [-0.05, 0) is 12.8 Å². The predicted octanol–water partition coefficient (Wildman–Crippen LogP) is 1.43. The van der Waals surface area contributed by atoms with Crippen LogP contribution in [0.3, 0.4) is 0 Å². The normalized spacial score (nSPS) is 27.8. The molecular formula is C6H9BrN2O4. The molecule has 1 fully saturated rings. The molecule has 13 heavy (non-hydrogen) atoms. The maximum absolute atomic E-state index is 10.4. The molecule has 1 aliphatic carbocycles. The number of hydrogen-bond donors (Lipinski definition) is 0. The Morgan fingerprint density at radius 1 is 1.23 bits per heavy atom. The Hall–Kier alpha value is -0.720. The molecular weight excluding hydrogens is 244 g/mol. The van der Waals surface area contributed by atoms with E-state index in [0.717, 1.165) is 12.8 Å². The third-order valence-corrected chi connectivity index (χ3v) is 3.43. The van der Waals surface area contributed by atoms with Crippen LogP contribution in [0.2, 0.25) is 0 Å². The summed E-state index contributed by atoms with van der Waals surface area (Å²) in [5.41, 5.74) is 0. The molecule has 0 bridgehead atoms. The Morgan fingerprint density at radius 3 is 2.08 bits per heavy atom. The quantitative estimate of drug-likeness (QED) is 0.329. The van der Waals surface area contributed by atoms with Crippen molar-refractivity contribution >= 4 is 15.9 Å². The molecule has 0 aromatic rings. The van der Waals surface area contributed by atoms with Gasteiger partial charge in [0.15, 0.2) is 0 Å². The van der Waals surface area contributed by atoms with E-state index in [1.807, 2.05) is 0 Å². The first-order valence-electron chi connectivity index (χ1n) is 3.95. The van der Waals surface area contributed by atoms with E-state index in [2.05, 4.69) is 15.9 Å². The van der Waals surface area contributed by atoms with Crippen molar-refractivity contribution in [1.29, 1.82) is 0 Å². The van der Waals surface area contributed by atoms with E-state index in [-0.39, 0.29) is 4.83 Å². The monoisotopic (exact) mass is 252 g/mol. The second kappa shape index (κ2) is 3.99. The Labute approximate surface area is 82.7 Å². The van der Waals surface area contributed by atoms with Gasteiger partial charge in [-0.2, -0.15) is 0 Å². The van der Waals surface area contributed by atoms with Gasteiger partial charge in [0.25, 0.3) is 0 Å². The van der Waals surface area contributed by atoms with Gasteiger partial charge in [0.2, 0.25) is 0 Å². The van der Waals surface area contributed by atoms with Gasteiger partial charge < -0.3 is 0 Å². The molecule has 1 rings (SSSR count). The van der Waals surface area contributed by atoms with Gasteiger partial charge in [-0.3, -0.25) is 20.2 Å². The largest absolute Gasteiger partial charge is 0.454 e. The van der Waals surface area contributed by atoms with Crippen LogP contribution in [0.1, 0.15) is 19.3 Å². The summed E-state index contributed by atoms with van der Waals surface area (Å²) >= 11 is 3.23. The average Bonchev–Trinajstić information content (AvgIpc) is 2.35. The molecule has 0 radical (unpaired) electrons. The van der Waals surface area contributed by atoms with Crippen LogP contribution in [0, 0.1) is 26.1 Å². The maximum atomic E-state index is 10.4. The topological polar surface area (TPSA) is 86.3 Å². The molecule has 0 amide bonds. The zero-order chi connectivity index (χ0) is 10.0. The maximum Gasteiger partial charge on any atom is 0.454 e. The zero-order valence-corrected chi connectivity index (χ0v) is 8.34. The van der Waals surface area contributed by atoms with Gasteiger partial charge in [0, 0.05) is 4.83 Å². The molecule has 0 aliphatic heterocycles. The van der Waals surface area contributed by atoms with Crippen LogP contribution in [0.4, 0.5) is 0 Å². The summed E-state index contributed by atoms with van der Waals surface area (Å²) in [6.45, 7) is 0. The number of hydrogen-bond acceptors (Lipinski definition) is 4. The molecule has 1 aliphatic rings. The molecule has 6 nitrogen and oxygen atoms in total. The second-order valence-electron chi connectivity index (χ2n) is 3.10. The highest BCUT2D eigenvalue weighted by atomic mass is 79.9. The SMILES string of the molecule is O=[N+]([O-])C(C1CCCC1Br)[N+](=O)[O-]. The van der Waals surface area contributed by atoms with Crippen molar-refractivity contribution in [3.05, 3.63) is 20.2 Å². The Kier molecular flexibility index (Phi) is 3.18. The van der Waals surface area contributed by atoms with E-state index < -0.39 is 21.9 Å². The molecule has 0 saturated heterocycles. The van der Waals surface area contributed by atoms with Gasteiger partial charge in [-0.25, -0.2) is 0 Å². The molecule has 0 aromatic heterocycles. The third-order valence-electron chi connectivity index (χ3n) is 2.30. The highest BCUT2D eigenvalue weighted by Gasteiger charge is 2.47. The minimum Gasteiger partial charge on any atom is -0.259 e. The smallest absolute Gasteiger partial charge is 0.259 e. The van der Waals surface area contributed by atoms with E-state index in [9.17, 15) is 20.2 Å². The van der Waals surface area contributed by atoms with Gasteiger partial charge in [-0.1, -0.05) is 22.4 Å². The van der Waals surface area contributed by atoms with Crippen LogP contribution in [-0.4, -0.2) is 20.8 Å². The van der Waals surface area contributed by atoms with E-state index >= 15 is 0 Å². The van der Waals surface area contributed by atoms with Gasteiger partial charge in [0.1, 0.15) is 5.92 Å². The minimum atomic E-state index is -1.65. The molecule has 7 heteroatoms. The fraction of sp³-hybridized carbons (Fsp3) is 1.00. The lowest BCUT2D eigenvalue weighted by Crippen LogP contribution is -2.38. The summed E-state index contributed by atoms with van der Waals surface area (Å²) in [6, 6.07) is 0. The van der Waals surface area contributed by atoms with Gasteiger partial charge in [-0.15, -0.1) is 0 Å². The molecule has 2 unspecified atom stereocenters. The molecule has 2 atom stereocenters. The molecule has 74 valence electrons. The molecule has 0 spiro atoms. The Balaban J connectivity index is 2.75. The molecule has 1 saturated carbocycles. The van der Waals surface area contributed by atoms with Crippen LogP contribution in [0.15, 0.2) is 0 Å². The van der Waals surface area contributed by atoms with Crippen LogP contribution >= 0.6 is 15.9 Å². The number of alkyl halides is 1. The van der Waals surface area contributed by atoms with E-state index in [1.54, 1.807) is 0 Å². The van der Waals surface area contributed by atoms with Crippen molar-refractivity contribution in [1.82, 2.24) is 0 Å².